The molecule has 1 heterocycles. The first kappa shape index (κ1) is 7.03. The topological polar surface area (TPSA) is 62.0 Å². The lowest BCUT2D eigenvalue weighted by Gasteiger charge is -1.99. The number of phenols is 1. The number of hydrogen-bond acceptors (Lipinski definition) is 2. The average molecular weight is 162 g/mol. The van der Waals surface area contributed by atoms with E-state index in [2.05, 4.69) is 4.98 Å². The van der Waals surface area contributed by atoms with Crippen LogP contribution in [0.15, 0.2) is 18.3 Å². The van der Waals surface area contributed by atoms with Gasteiger partial charge in [0.1, 0.15) is 5.75 Å². The zero-order chi connectivity index (χ0) is 8.72. The Morgan fingerprint density at radius 2 is 2.17 bits per heavy atom. The third-order valence-electron chi connectivity index (χ3n) is 2.04. The monoisotopic (exact) mass is 162 g/mol. The molecule has 0 aliphatic heterocycles. The molecule has 0 aliphatic rings. The molecule has 62 valence electrons. The van der Waals surface area contributed by atoms with Crippen LogP contribution in [0.1, 0.15) is 5.56 Å². The summed E-state index contributed by atoms with van der Waals surface area (Å²) in [6.07, 6.45) is 1.83. The highest BCUT2D eigenvalue weighted by Gasteiger charge is 2.06. The van der Waals surface area contributed by atoms with E-state index in [9.17, 15) is 5.11 Å². The molecule has 0 saturated heterocycles. The molecule has 1 aromatic carbocycles. The Balaban J connectivity index is 2.98. The van der Waals surface area contributed by atoms with Crippen LogP contribution in [0.2, 0.25) is 0 Å². The first-order valence-electron chi connectivity index (χ1n) is 3.75. The van der Waals surface area contributed by atoms with Crippen molar-refractivity contribution in [3.8, 4) is 5.75 Å². The van der Waals surface area contributed by atoms with Crippen molar-refractivity contribution in [2.45, 2.75) is 6.92 Å². The van der Waals surface area contributed by atoms with Gasteiger partial charge in [0, 0.05) is 17.3 Å². The van der Waals surface area contributed by atoms with Crippen molar-refractivity contribution in [3.05, 3.63) is 23.9 Å². The molecule has 12 heavy (non-hydrogen) atoms. The normalized spacial score (nSPS) is 10.8. The average Bonchev–Trinajstić information content (AvgIpc) is 2.42. The number of hydrogen-bond donors (Lipinski definition) is 3. The van der Waals surface area contributed by atoms with Gasteiger partial charge < -0.3 is 15.8 Å². The van der Waals surface area contributed by atoms with Gasteiger partial charge in [-0.25, -0.2) is 0 Å². The second-order valence-corrected chi connectivity index (χ2v) is 2.90. The summed E-state index contributed by atoms with van der Waals surface area (Å²) in [6, 6.07) is 3.30. The number of nitrogens with two attached hydrogens (primary N) is 1. The first-order chi connectivity index (χ1) is 5.70. The molecule has 0 bridgehead atoms. The molecule has 0 spiro atoms. The number of phenolic OH excluding ortho intramolecular Hbond substituents is 1. The maximum atomic E-state index is 9.42. The minimum Gasteiger partial charge on any atom is -0.506 e. The molecule has 0 fully saturated rings. The first-order valence-corrected chi connectivity index (χ1v) is 3.75. The third kappa shape index (κ3) is 0.763. The van der Waals surface area contributed by atoms with Crippen molar-refractivity contribution >= 4 is 16.6 Å². The van der Waals surface area contributed by atoms with Gasteiger partial charge in [0.2, 0.25) is 0 Å². The third-order valence-corrected chi connectivity index (χ3v) is 2.04. The lowest BCUT2D eigenvalue weighted by molar-refractivity contribution is 0.480. The summed E-state index contributed by atoms with van der Waals surface area (Å²) in [4.78, 5) is 2.97. The molecule has 0 aliphatic carbocycles. The maximum absolute atomic E-state index is 9.42. The van der Waals surface area contributed by atoms with E-state index in [-0.39, 0.29) is 5.75 Å². The Kier molecular flexibility index (Phi) is 1.27. The van der Waals surface area contributed by atoms with Crippen LogP contribution in [-0.4, -0.2) is 10.1 Å². The van der Waals surface area contributed by atoms with Gasteiger partial charge in [-0.15, -0.1) is 0 Å². The van der Waals surface area contributed by atoms with Crippen molar-refractivity contribution in [2.75, 3.05) is 5.73 Å². The molecule has 0 unspecified atom stereocenters. The summed E-state index contributed by atoms with van der Waals surface area (Å²) in [5.74, 6) is 0.243. The van der Waals surface area contributed by atoms with Crippen molar-refractivity contribution in [3.63, 3.8) is 0 Å². The van der Waals surface area contributed by atoms with E-state index >= 15 is 0 Å². The van der Waals surface area contributed by atoms with Crippen LogP contribution in [0.3, 0.4) is 0 Å². The highest BCUT2D eigenvalue weighted by molar-refractivity contribution is 5.97. The number of fused-ring (bicyclic) bond motifs is 1. The van der Waals surface area contributed by atoms with Gasteiger partial charge in [0.15, 0.2) is 0 Å². The standard InChI is InChI=1S/C9H10N2O/c1-5-4-11-9-7(12)3-2-6(10)8(5)9/h2-4,11-12H,10H2,1H3. The second kappa shape index (κ2) is 2.17. The molecule has 3 nitrogen and oxygen atoms in total. The second-order valence-electron chi connectivity index (χ2n) is 2.90. The fourth-order valence-corrected chi connectivity index (χ4v) is 1.43. The molecule has 4 N–H and O–H groups in total. The van der Waals surface area contributed by atoms with Crippen LogP contribution in [-0.2, 0) is 0 Å². The van der Waals surface area contributed by atoms with Crippen molar-refractivity contribution in [1.29, 1.82) is 0 Å². The van der Waals surface area contributed by atoms with Crippen molar-refractivity contribution in [2.24, 2.45) is 0 Å². The minimum atomic E-state index is 0.243. The number of aromatic amines is 1. The number of nitrogen functional groups attached to an aromatic ring is 1. The van der Waals surface area contributed by atoms with Gasteiger partial charge in [-0.3, -0.25) is 0 Å². The Bertz CT molecular complexity index is 431. The molecular weight excluding hydrogens is 152 g/mol. The van der Waals surface area contributed by atoms with Crippen LogP contribution >= 0.6 is 0 Å². The lowest BCUT2D eigenvalue weighted by atomic mass is 10.1. The van der Waals surface area contributed by atoms with E-state index in [1.54, 1.807) is 12.1 Å². The predicted octanol–water partition coefficient (Wildman–Crippen LogP) is 1.76. The van der Waals surface area contributed by atoms with E-state index in [0.717, 1.165) is 10.9 Å². The molecule has 2 rings (SSSR count). The maximum Gasteiger partial charge on any atom is 0.139 e. The molecule has 3 heteroatoms. The minimum absolute atomic E-state index is 0.243. The summed E-state index contributed by atoms with van der Waals surface area (Å²) in [5.41, 5.74) is 8.20. The van der Waals surface area contributed by atoms with Crippen LogP contribution in [0.25, 0.3) is 10.9 Å². The summed E-state index contributed by atoms with van der Waals surface area (Å²) in [7, 11) is 0. The highest BCUT2D eigenvalue weighted by atomic mass is 16.3. The largest absolute Gasteiger partial charge is 0.506 e. The predicted molar refractivity (Wildman–Crippen MR) is 49.1 cm³/mol. The summed E-state index contributed by atoms with van der Waals surface area (Å²) < 4.78 is 0. The van der Waals surface area contributed by atoms with E-state index in [1.165, 1.54) is 0 Å². The molecule has 0 atom stereocenters. The van der Waals surface area contributed by atoms with Crippen molar-refractivity contribution in [1.82, 2.24) is 4.98 Å². The molecule has 0 saturated carbocycles. The number of aromatic nitrogens is 1. The number of aromatic hydroxyl groups is 1. The summed E-state index contributed by atoms with van der Waals surface area (Å²) >= 11 is 0. The lowest BCUT2D eigenvalue weighted by Crippen LogP contribution is -1.85. The van der Waals surface area contributed by atoms with E-state index < -0.39 is 0 Å². The van der Waals surface area contributed by atoms with Crippen LogP contribution in [0.4, 0.5) is 5.69 Å². The zero-order valence-corrected chi connectivity index (χ0v) is 6.76. The Morgan fingerprint density at radius 3 is 2.83 bits per heavy atom. The quantitative estimate of drug-likeness (QED) is 0.408. The molecule has 0 amide bonds. The Morgan fingerprint density at radius 1 is 1.42 bits per heavy atom. The Hall–Kier alpha value is -1.64. The van der Waals surface area contributed by atoms with Gasteiger partial charge in [0.05, 0.1) is 5.52 Å². The fraction of sp³-hybridized carbons (Fsp3) is 0.111. The summed E-state index contributed by atoms with van der Waals surface area (Å²) in [6.45, 7) is 1.95. The van der Waals surface area contributed by atoms with Crippen LogP contribution in [0, 0.1) is 6.92 Å². The number of anilines is 1. The molecule has 0 radical (unpaired) electrons. The van der Waals surface area contributed by atoms with Gasteiger partial charge >= 0.3 is 0 Å². The zero-order valence-electron chi connectivity index (χ0n) is 6.76. The number of aryl methyl sites for hydroxylation is 1. The van der Waals surface area contributed by atoms with Gasteiger partial charge in [-0.1, -0.05) is 0 Å². The smallest absolute Gasteiger partial charge is 0.139 e. The molecular formula is C9H10N2O. The van der Waals surface area contributed by atoms with E-state index in [0.29, 0.717) is 11.2 Å². The van der Waals surface area contributed by atoms with E-state index in [1.807, 2.05) is 13.1 Å². The van der Waals surface area contributed by atoms with Crippen molar-refractivity contribution < 1.29 is 5.11 Å². The Labute approximate surface area is 69.8 Å². The van der Waals surface area contributed by atoms with Gasteiger partial charge in [-0.05, 0) is 24.6 Å². The molecule has 2 aromatic rings. The van der Waals surface area contributed by atoms with Crippen LogP contribution in [0.5, 0.6) is 5.75 Å². The number of rotatable bonds is 0. The number of benzene rings is 1. The fourth-order valence-electron chi connectivity index (χ4n) is 1.43. The SMILES string of the molecule is Cc1c[nH]c2c(O)ccc(N)c12. The van der Waals surface area contributed by atoms with Crippen LogP contribution < -0.4 is 5.73 Å². The van der Waals surface area contributed by atoms with E-state index in [4.69, 9.17) is 5.73 Å². The summed E-state index contributed by atoms with van der Waals surface area (Å²) in [5, 5.41) is 10.3. The number of H-pyrrole nitrogens is 1. The van der Waals surface area contributed by atoms with Gasteiger partial charge in [0.25, 0.3) is 0 Å². The highest BCUT2D eigenvalue weighted by Crippen LogP contribution is 2.30. The molecule has 1 aromatic heterocycles. The number of nitrogens with one attached hydrogen (secondary N) is 1. The van der Waals surface area contributed by atoms with Gasteiger partial charge in [-0.2, -0.15) is 0 Å².